The van der Waals surface area contributed by atoms with Gasteiger partial charge < -0.3 is 4.90 Å². The van der Waals surface area contributed by atoms with Crippen molar-refractivity contribution in [2.75, 3.05) is 26.2 Å². The number of aromatic nitrogens is 1. The molecular formula is C22H21N3O3S2. The highest BCUT2D eigenvalue weighted by Gasteiger charge is 2.26. The summed E-state index contributed by atoms with van der Waals surface area (Å²) in [5, 5.41) is 2.00. The van der Waals surface area contributed by atoms with Crippen molar-refractivity contribution in [3.8, 4) is 0 Å². The average molecular weight is 440 g/mol. The maximum Gasteiger partial charge on any atom is 0.246 e. The van der Waals surface area contributed by atoms with Crippen LogP contribution in [0.3, 0.4) is 0 Å². The summed E-state index contributed by atoms with van der Waals surface area (Å²) in [6.45, 7) is 1.28. The second-order valence-electron chi connectivity index (χ2n) is 6.84. The van der Waals surface area contributed by atoms with E-state index in [-0.39, 0.29) is 19.0 Å². The smallest absolute Gasteiger partial charge is 0.246 e. The topological polar surface area (TPSA) is 70.6 Å². The van der Waals surface area contributed by atoms with Crippen molar-refractivity contribution in [2.45, 2.75) is 0 Å². The molecule has 2 heterocycles. The molecular weight excluding hydrogens is 418 g/mol. The molecule has 3 aromatic rings. The van der Waals surface area contributed by atoms with Gasteiger partial charge in [0.25, 0.3) is 0 Å². The van der Waals surface area contributed by atoms with Gasteiger partial charge in [0.1, 0.15) is 5.01 Å². The molecule has 2 aromatic carbocycles. The van der Waals surface area contributed by atoms with Crippen LogP contribution in [-0.4, -0.2) is 54.7 Å². The van der Waals surface area contributed by atoms with Gasteiger partial charge in [0.15, 0.2) is 0 Å². The molecule has 0 N–H and O–H groups in total. The number of thiazole rings is 1. The lowest BCUT2D eigenvalue weighted by molar-refractivity contribution is -0.127. The van der Waals surface area contributed by atoms with Crippen LogP contribution >= 0.6 is 11.3 Å². The van der Waals surface area contributed by atoms with Gasteiger partial charge in [0.2, 0.25) is 15.9 Å². The molecule has 0 radical (unpaired) electrons. The first-order chi connectivity index (χ1) is 14.5. The molecule has 0 atom stereocenters. The van der Waals surface area contributed by atoms with Crippen LogP contribution in [0.15, 0.2) is 66.1 Å². The number of piperazine rings is 1. The molecule has 30 heavy (non-hydrogen) atoms. The first-order valence-electron chi connectivity index (χ1n) is 9.57. The van der Waals surface area contributed by atoms with E-state index in [2.05, 4.69) is 4.98 Å². The van der Waals surface area contributed by atoms with E-state index in [0.29, 0.717) is 13.1 Å². The van der Waals surface area contributed by atoms with Gasteiger partial charge in [-0.15, -0.1) is 11.3 Å². The highest BCUT2D eigenvalue weighted by atomic mass is 32.2. The number of hydrogen-bond donors (Lipinski definition) is 0. The maximum atomic E-state index is 12.5. The summed E-state index contributed by atoms with van der Waals surface area (Å²) < 4.78 is 27.6. The summed E-state index contributed by atoms with van der Waals surface area (Å²) in [5.74, 6) is -0.133. The molecule has 6 nitrogen and oxygen atoms in total. The maximum absolute atomic E-state index is 12.5. The zero-order valence-corrected chi connectivity index (χ0v) is 17.8. The minimum Gasteiger partial charge on any atom is -0.337 e. The van der Waals surface area contributed by atoms with Crippen LogP contribution in [0.2, 0.25) is 0 Å². The number of amides is 1. The van der Waals surface area contributed by atoms with E-state index in [0.717, 1.165) is 20.8 Å². The number of fused-ring (bicyclic) bond motifs is 1. The van der Waals surface area contributed by atoms with E-state index < -0.39 is 10.0 Å². The Balaban J connectivity index is 1.34. The normalized spacial score (nSPS) is 16.1. The molecule has 1 aliphatic rings. The Morgan fingerprint density at radius 2 is 1.63 bits per heavy atom. The summed E-state index contributed by atoms with van der Waals surface area (Å²) in [4.78, 5) is 18.6. The molecule has 154 valence electrons. The van der Waals surface area contributed by atoms with E-state index in [9.17, 15) is 13.2 Å². The summed E-state index contributed by atoms with van der Waals surface area (Å²) in [6.07, 6.45) is 4.82. The van der Waals surface area contributed by atoms with Gasteiger partial charge >= 0.3 is 0 Å². The van der Waals surface area contributed by atoms with Gasteiger partial charge in [-0.05, 0) is 29.8 Å². The largest absolute Gasteiger partial charge is 0.337 e. The Kier molecular flexibility index (Phi) is 6.08. The van der Waals surface area contributed by atoms with Crippen LogP contribution in [0.1, 0.15) is 10.6 Å². The van der Waals surface area contributed by atoms with E-state index in [1.807, 2.05) is 54.6 Å². The van der Waals surface area contributed by atoms with Crippen LogP contribution < -0.4 is 0 Å². The van der Waals surface area contributed by atoms with Crippen molar-refractivity contribution in [3.63, 3.8) is 0 Å². The minimum atomic E-state index is -3.51. The molecule has 0 aliphatic carbocycles. The monoisotopic (exact) mass is 439 g/mol. The van der Waals surface area contributed by atoms with Crippen molar-refractivity contribution < 1.29 is 13.2 Å². The lowest BCUT2D eigenvalue weighted by Crippen LogP contribution is -2.49. The summed E-state index contributed by atoms with van der Waals surface area (Å²) in [6, 6.07) is 17.1. The minimum absolute atomic E-state index is 0.133. The second-order valence-corrected chi connectivity index (χ2v) is 9.72. The van der Waals surface area contributed by atoms with Crippen LogP contribution in [0.4, 0.5) is 0 Å². The molecule has 1 fully saturated rings. The fourth-order valence-corrected chi connectivity index (χ4v) is 5.23. The van der Waals surface area contributed by atoms with Gasteiger partial charge in [-0.25, -0.2) is 13.4 Å². The molecule has 0 saturated carbocycles. The van der Waals surface area contributed by atoms with E-state index in [1.165, 1.54) is 27.1 Å². The molecule has 1 aliphatic heterocycles. The molecule has 0 spiro atoms. The Morgan fingerprint density at radius 3 is 2.37 bits per heavy atom. The van der Waals surface area contributed by atoms with Gasteiger partial charge in [0.05, 0.1) is 10.2 Å². The summed E-state index contributed by atoms with van der Waals surface area (Å²) in [5.41, 5.74) is 1.74. The lowest BCUT2D eigenvalue weighted by atomic mass is 10.2. The highest BCUT2D eigenvalue weighted by molar-refractivity contribution is 7.92. The molecule has 8 heteroatoms. The van der Waals surface area contributed by atoms with Gasteiger partial charge in [0, 0.05) is 37.7 Å². The number of carbonyl (C=O) groups is 1. The Bertz CT molecular complexity index is 1160. The predicted octanol–water partition coefficient (Wildman–Crippen LogP) is 3.45. The molecule has 4 rings (SSSR count). The van der Waals surface area contributed by atoms with Crippen molar-refractivity contribution in [1.82, 2.24) is 14.2 Å². The average Bonchev–Trinajstić information content (AvgIpc) is 3.20. The van der Waals surface area contributed by atoms with Crippen LogP contribution in [-0.2, 0) is 14.8 Å². The quantitative estimate of drug-likeness (QED) is 0.571. The lowest BCUT2D eigenvalue weighted by Gasteiger charge is -2.32. The first-order valence-corrected chi connectivity index (χ1v) is 11.9. The summed E-state index contributed by atoms with van der Waals surface area (Å²) in [7, 11) is -3.51. The number of sulfonamides is 1. The zero-order valence-electron chi connectivity index (χ0n) is 16.2. The van der Waals surface area contributed by atoms with Crippen molar-refractivity contribution in [1.29, 1.82) is 0 Å². The number of nitrogens with zero attached hydrogens (tertiary/aromatic N) is 3. The third-order valence-corrected chi connectivity index (χ3v) is 7.39. The second kappa shape index (κ2) is 8.91. The van der Waals surface area contributed by atoms with E-state index in [1.54, 1.807) is 17.1 Å². The zero-order chi connectivity index (χ0) is 21.0. The van der Waals surface area contributed by atoms with Gasteiger partial charge in [-0.2, -0.15) is 4.31 Å². The molecule has 0 unspecified atom stereocenters. The van der Waals surface area contributed by atoms with Gasteiger partial charge in [-0.3, -0.25) is 4.79 Å². The number of rotatable bonds is 5. The van der Waals surface area contributed by atoms with E-state index >= 15 is 0 Å². The SMILES string of the molecule is O=C(C=Cc1nc2ccccc2s1)N1CCN(S(=O)(=O)C=Cc2ccccc2)CC1. The summed E-state index contributed by atoms with van der Waals surface area (Å²) >= 11 is 1.53. The Hall–Kier alpha value is -2.81. The number of carbonyl (C=O) groups excluding carboxylic acids is 1. The van der Waals surface area contributed by atoms with Crippen LogP contribution in [0.25, 0.3) is 22.4 Å². The fourth-order valence-electron chi connectivity index (χ4n) is 3.19. The fraction of sp³-hybridized carbons (Fsp3) is 0.182. The standard InChI is InChI=1S/C22H21N3O3S2/c26-22(11-10-21-23-19-8-4-5-9-20(19)29-21)24-13-15-25(16-14-24)30(27,28)17-12-18-6-2-1-3-7-18/h1-12,17H,13-16H2. The van der Waals surface area contributed by atoms with Crippen molar-refractivity contribution in [2.24, 2.45) is 0 Å². The number of para-hydroxylation sites is 1. The molecule has 1 amide bonds. The third kappa shape index (κ3) is 4.84. The molecule has 0 bridgehead atoms. The predicted molar refractivity (Wildman–Crippen MR) is 121 cm³/mol. The van der Waals surface area contributed by atoms with Crippen LogP contribution in [0, 0.1) is 0 Å². The third-order valence-electron chi connectivity index (χ3n) is 4.82. The Morgan fingerprint density at radius 1 is 0.933 bits per heavy atom. The van der Waals surface area contributed by atoms with Crippen molar-refractivity contribution in [3.05, 3.63) is 76.7 Å². The Labute approximate surface area is 179 Å². The molecule has 1 saturated heterocycles. The first kappa shape index (κ1) is 20.5. The number of hydrogen-bond acceptors (Lipinski definition) is 5. The van der Waals surface area contributed by atoms with Crippen LogP contribution in [0.5, 0.6) is 0 Å². The highest BCUT2D eigenvalue weighted by Crippen LogP contribution is 2.22. The number of benzene rings is 2. The molecule has 1 aromatic heterocycles. The van der Waals surface area contributed by atoms with Crippen molar-refractivity contribution >= 4 is 49.6 Å². The van der Waals surface area contributed by atoms with Gasteiger partial charge in [-0.1, -0.05) is 42.5 Å². The van der Waals surface area contributed by atoms with E-state index in [4.69, 9.17) is 0 Å².